The van der Waals surface area contributed by atoms with Gasteiger partial charge in [0.25, 0.3) is 5.91 Å². The van der Waals surface area contributed by atoms with Crippen molar-refractivity contribution >= 4 is 21.8 Å². The molecule has 1 aromatic rings. The van der Waals surface area contributed by atoms with Crippen LogP contribution >= 0.6 is 15.9 Å². The van der Waals surface area contributed by atoms with E-state index in [4.69, 9.17) is 4.74 Å². The van der Waals surface area contributed by atoms with Crippen LogP contribution in [0.2, 0.25) is 0 Å². The van der Waals surface area contributed by atoms with Crippen molar-refractivity contribution in [1.29, 1.82) is 0 Å². The minimum atomic E-state index is -0.0756. The third kappa shape index (κ3) is 3.73. The Kier molecular flexibility index (Phi) is 5.43. The van der Waals surface area contributed by atoms with Gasteiger partial charge < -0.3 is 15.0 Å². The smallest absolute Gasteiger partial charge is 0.255 e. The molecule has 1 fully saturated rings. The number of piperidine rings is 1. The molecule has 1 aliphatic heterocycles. The Hall–Kier alpha value is -1.07. The molecule has 1 saturated heterocycles. The van der Waals surface area contributed by atoms with E-state index in [1.165, 1.54) is 12.8 Å². The minimum Gasteiger partial charge on any atom is -0.496 e. The van der Waals surface area contributed by atoms with E-state index in [0.717, 1.165) is 17.4 Å². The number of hydrogen-bond donors (Lipinski definition) is 1. The standard InChI is InChI=1S/C15H21BrN2O2/c1-18-8-4-3-5-12(18)10-17-15(19)13-7-6-11(16)9-14(13)20-2/h6-7,9,12H,3-5,8,10H2,1-2H3,(H,17,19). The van der Waals surface area contributed by atoms with Gasteiger partial charge in [0.05, 0.1) is 12.7 Å². The van der Waals surface area contributed by atoms with Gasteiger partial charge in [0.1, 0.15) is 5.75 Å². The van der Waals surface area contributed by atoms with E-state index in [0.29, 0.717) is 23.9 Å². The van der Waals surface area contributed by atoms with E-state index in [2.05, 4.69) is 33.2 Å². The zero-order chi connectivity index (χ0) is 14.5. The number of ether oxygens (including phenoxy) is 1. The largest absolute Gasteiger partial charge is 0.496 e. The van der Waals surface area contributed by atoms with Gasteiger partial charge >= 0.3 is 0 Å². The summed E-state index contributed by atoms with van der Waals surface area (Å²) in [7, 11) is 3.70. The molecule has 0 spiro atoms. The number of nitrogens with one attached hydrogen (secondary N) is 1. The highest BCUT2D eigenvalue weighted by atomic mass is 79.9. The van der Waals surface area contributed by atoms with Gasteiger partial charge in [-0.2, -0.15) is 0 Å². The molecule has 2 rings (SSSR count). The molecule has 0 aliphatic carbocycles. The van der Waals surface area contributed by atoms with Crippen LogP contribution in [-0.4, -0.2) is 44.1 Å². The average molecular weight is 341 g/mol. The predicted octanol–water partition coefficient (Wildman–Crippen LogP) is 2.67. The number of likely N-dealkylation sites (N-methyl/N-ethyl adjacent to an activating group) is 1. The number of halogens is 1. The molecule has 1 atom stereocenters. The van der Waals surface area contributed by atoms with Crippen molar-refractivity contribution < 1.29 is 9.53 Å². The lowest BCUT2D eigenvalue weighted by Gasteiger charge is -2.32. The number of likely N-dealkylation sites (tertiary alicyclic amines) is 1. The Labute approximate surface area is 128 Å². The van der Waals surface area contributed by atoms with Gasteiger partial charge in [-0.1, -0.05) is 22.4 Å². The number of carbonyl (C=O) groups is 1. The molecular weight excluding hydrogens is 320 g/mol. The molecule has 1 aliphatic rings. The monoisotopic (exact) mass is 340 g/mol. The minimum absolute atomic E-state index is 0.0756. The van der Waals surface area contributed by atoms with Crippen LogP contribution in [0.3, 0.4) is 0 Å². The summed E-state index contributed by atoms with van der Waals surface area (Å²) in [5.74, 6) is 0.516. The topological polar surface area (TPSA) is 41.6 Å². The van der Waals surface area contributed by atoms with Crippen LogP contribution in [0.4, 0.5) is 0 Å². The Bertz CT molecular complexity index is 479. The maximum absolute atomic E-state index is 12.3. The Morgan fingerprint density at radius 3 is 3.00 bits per heavy atom. The van der Waals surface area contributed by atoms with Crippen molar-refractivity contribution in [3.05, 3.63) is 28.2 Å². The second-order valence-electron chi connectivity index (χ2n) is 5.18. The zero-order valence-corrected chi connectivity index (χ0v) is 13.6. The van der Waals surface area contributed by atoms with Crippen LogP contribution in [0.25, 0.3) is 0 Å². The molecule has 1 amide bonds. The van der Waals surface area contributed by atoms with Crippen LogP contribution < -0.4 is 10.1 Å². The molecular formula is C15H21BrN2O2. The number of nitrogens with zero attached hydrogens (tertiary/aromatic N) is 1. The molecule has 0 saturated carbocycles. The third-order valence-corrected chi connectivity index (χ3v) is 4.32. The zero-order valence-electron chi connectivity index (χ0n) is 12.0. The number of amides is 1. The summed E-state index contributed by atoms with van der Waals surface area (Å²) in [4.78, 5) is 14.6. The summed E-state index contributed by atoms with van der Waals surface area (Å²) in [6, 6.07) is 5.88. The fraction of sp³-hybridized carbons (Fsp3) is 0.533. The summed E-state index contributed by atoms with van der Waals surface area (Å²) in [5, 5.41) is 3.02. The molecule has 110 valence electrons. The quantitative estimate of drug-likeness (QED) is 0.916. The van der Waals surface area contributed by atoms with Crippen LogP contribution in [0.5, 0.6) is 5.75 Å². The summed E-state index contributed by atoms with van der Waals surface area (Å²) >= 11 is 3.38. The van der Waals surface area contributed by atoms with Crippen LogP contribution in [-0.2, 0) is 0 Å². The molecule has 20 heavy (non-hydrogen) atoms. The van der Waals surface area contributed by atoms with Gasteiger partial charge in [-0.3, -0.25) is 4.79 Å². The van der Waals surface area contributed by atoms with Crippen LogP contribution in [0.15, 0.2) is 22.7 Å². The van der Waals surface area contributed by atoms with Gasteiger partial charge in [-0.15, -0.1) is 0 Å². The SMILES string of the molecule is COc1cc(Br)ccc1C(=O)NCC1CCCCN1C. The van der Waals surface area contributed by atoms with Crippen LogP contribution in [0, 0.1) is 0 Å². The van der Waals surface area contributed by atoms with Gasteiger partial charge in [0.15, 0.2) is 0 Å². The summed E-state index contributed by atoms with van der Waals surface area (Å²) in [6.45, 7) is 1.80. The highest BCUT2D eigenvalue weighted by molar-refractivity contribution is 9.10. The van der Waals surface area contributed by atoms with Gasteiger partial charge in [-0.05, 0) is 44.6 Å². The van der Waals surface area contributed by atoms with Crippen molar-refractivity contribution in [2.75, 3.05) is 27.2 Å². The summed E-state index contributed by atoms with van der Waals surface area (Å²) in [6.07, 6.45) is 3.64. The maximum atomic E-state index is 12.3. The first-order chi connectivity index (χ1) is 9.61. The number of methoxy groups -OCH3 is 1. The molecule has 5 heteroatoms. The van der Waals surface area contributed by atoms with E-state index in [1.807, 2.05) is 12.1 Å². The second kappa shape index (κ2) is 7.09. The average Bonchev–Trinajstić information content (AvgIpc) is 2.46. The molecule has 1 unspecified atom stereocenters. The third-order valence-electron chi connectivity index (χ3n) is 3.83. The molecule has 0 aromatic heterocycles. The first-order valence-electron chi connectivity index (χ1n) is 6.94. The van der Waals surface area contributed by atoms with Crippen molar-refractivity contribution in [3.63, 3.8) is 0 Å². The maximum Gasteiger partial charge on any atom is 0.255 e. The summed E-state index contributed by atoms with van der Waals surface area (Å²) in [5.41, 5.74) is 0.578. The first-order valence-corrected chi connectivity index (χ1v) is 7.73. The fourth-order valence-corrected chi connectivity index (χ4v) is 2.90. The highest BCUT2D eigenvalue weighted by Gasteiger charge is 2.20. The lowest BCUT2D eigenvalue weighted by Crippen LogP contribution is -2.44. The molecule has 1 heterocycles. The lowest BCUT2D eigenvalue weighted by molar-refractivity contribution is 0.0925. The molecule has 4 nitrogen and oxygen atoms in total. The molecule has 0 bridgehead atoms. The van der Waals surface area contributed by atoms with Crippen LogP contribution in [0.1, 0.15) is 29.6 Å². The number of benzene rings is 1. The lowest BCUT2D eigenvalue weighted by atomic mass is 10.0. The molecule has 0 radical (unpaired) electrons. The van der Waals surface area contributed by atoms with Crippen molar-refractivity contribution in [2.24, 2.45) is 0 Å². The van der Waals surface area contributed by atoms with Crippen molar-refractivity contribution in [1.82, 2.24) is 10.2 Å². The predicted molar refractivity (Wildman–Crippen MR) is 83.3 cm³/mol. The first kappa shape index (κ1) is 15.3. The Balaban J connectivity index is 1.98. The van der Waals surface area contributed by atoms with Gasteiger partial charge in [-0.25, -0.2) is 0 Å². The molecule has 1 aromatic carbocycles. The Morgan fingerprint density at radius 2 is 2.30 bits per heavy atom. The number of carbonyl (C=O) groups excluding carboxylic acids is 1. The van der Waals surface area contributed by atoms with Gasteiger partial charge in [0.2, 0.25) is 0 Å². The van der Waals surface area contributed by atoms with E-state index in [-0.39, 0.29) is 5.91 Å². The van der Waals surface area contributed by atoms with Gasteiger partial charge in [0, 0.05) is 17.1 Å². The molecule has 1 N–H and O–H groups in total. The van der Waals surface area contributed by atoms with E-state index < -0.39 is 0 Å². The van der Waals surface area contributed by atoms with E-state index >= 15 is 0 Å². The highest BCUT2D eigenvalue weighted by Crippen LogP contribution is 2.23. The number of rotatable bonds is 4. The Morgan fingerprint density at radius 1 is 1.50 bits per heavy atom. The van der Waals surface area contributed by atoms with E-state index in [1.54, 1.807) is 13.2 Å². The summed E-state index contributed by atoms with van der Waals surface area (Å²) < 4.78 is 6.16. The second-order valence-corrected chi connectivity index (χ2v) is 6.10. The fourth-order valence-electron chi connectivity index (χ4n) is 2.56. The van der Waals surface area contributed by atoms with Crippen molar-refractivity contribution in [2.45, 2.75) is 25.3 Å². The van der Waals surface area contributed by atoms with E-state index in [9.17, 15) is 4.79 Å². The number of hydrogen-bond acceptors (Lipinski definition) is 3. The van der Waals surface area contributed by atoms with Crippen molar-refractivity contribution in [3.8, 4) is 5.75 Å². The normalized spacial score (nSPS) is 19.6.